The predicted octanol–water partition coefficient (Wildman–Crippen LogP) is 7.93. The largest absolute Gasteiger partial charge is 0.416 e. The lowest BCUT2D eigenvalue weighted by atomic mass is 9.98. The molecule has 8 heteroatoms. The van der Waals surface area contributed by atoms with Crippen molar-refractivity contribution in [2.45, 2.75) is 25.4 Å². The van der Waals surface area contributed by atoms with Gasteiger partial charge in [0.05, 0.1) is 16.6 Å². The minimum Gasteiger partial charge on any atom is -0.352 e. The topological polar surface area (TPSA) is 71.1 Å². The Kier molecular flexibility index (Phi) is 8.62. The van der Waals surface area contributed by atoms with Crippen LogP contribution >= 0.6 is 0 Å². The molecule has 0 bridgehead atoms. The van der Waals surface area contributed by atoms with E-state index in [1.807, 2.05) is 18.2 Å². The number of hydrogen-bond acceptors (Lipinski definition) is 3. The van der Waals surface area contributed by atoms with E-state index in [1.54, 1.807) is 48.5 Å². The second-order valence-electron chi connectivity index (χ2n) is 9.90. The van der Waals surface area contributed by atoms with Gasteiger partial charge in [-0.1, -0.05) is 66.7 Å². The number of nitrogens with zero attached hydrogens (tertiary/aromatic N) is 1. The van der Waals surface area contributed by atoms with Gasteiger partial charge in [-0.15, -0.1) is 0 Å². The van der Waals surface area contributed by atoms with Gasteiger partial charge in [-0.25, -0.2) is 0 Å². The Morgan fingerprint density at radius 3 is 2.26 bits per heavy atom. The summed E-state index contributed by atoms with van der Waals surface area (Å²) in [5.41, 5.74) is 3.40. The van der Waals surface area contributed by atoms with Crippen LogP contribution in [-0.2, 0) is 12.6 Å². The number of unbranched alkanes of at least 4 members (excludes halogenated alkanes) is 1. The molecule has 4 aromatic carbocycles. The fourth-order valence-electron chi connectivity index (χ4n) is 4.70. The van der Waals surface area contributed by atoms with Crippen LogP contribution in [0.5, 0.6) is 0 Å². The van der Waals surface area contributed by atoms with Gasteiger partial charge in [0, 0.05) is 29.4 Å². The van der Waals surface area contributed by atoms with E-state index in [0.717, 1.165) is 36.8 Å². The van der Waals surface area contributed by atoms with Crippen LogP contribution in [0.3, 0.4) is 0 Å². The number of anilines is 1. The van der Waals surface area contributed by atoms with Gasteiger partial charge in [0.15, 0.2) is 0 Å². The maximum absolute atomic E-state index is 13.2. The van der Waals surface area contributed by atoms with E-state index < -0.39 is 17.6 Å². The summed E-state index contributed by atoms with van der Waals surface area (Å²) in [6.45, 7) is 0.572. The maximum atomic E-state index is 13.2. The van der Waals surface area contributed by atoms with Crippen molar-refractivity contribution in [3.8, 4) is 11.1 Å². The zero-order valence-corrected chi connectivity index (χ0v) is 22.6. The van der Waals surface area contributed by atoms with Gasteiger partial charge in [0.1, 0.15) is 0 Å². The summed E-state index contributed by atoms with van der Waals surface area (Å²) in [6.07, 6.45) is -0.121. The van der Waals surface area contributed by atoms with Gasteiger partial charge in [-0.05, 0) is 72.4 Å². The SMILES string of the molecule is O=C(NCCCCc1ccccc1)c1cnc2cc(NC(=O)c3ccccc3-c3ccc(C(F)(F)F)cc3)ccc2c1. The van der Waals surface area contributed by atoms with Crippen LogP contribution in [0.2, 0.25) is 0 Å². The highest BCUT2D eigenvalue weighted by Gasteiger charge is 2.30. The van der Waals surface area contributed by atoms with Crippen LogP contribution in [0, 0.1) is 0 Å². The Hall–Kier alpha value is -4.98. The van der Waals surface area contributed by atoms with Crippen LogP contribution in [0.1, 0.15) is 44.7 Å². The average Bonchev–Trinajstić information content (AvgIpc) is 3.00. The number of hydrogen-bond donors (Lipinski definition) is 2. The predicted molar refractivity (Wildman–Crippen MR) is 158 cm³/mol. The number of carbonyl (C=O) groups excluding carboxylic acids is 2. The lowest BCUT2D eigenvalue weighted by molar-refractivity contribution is -0.137. The molecule has 0 radical (unpaired) electrons. The van der Waals surface area contributed by atoms with E-state index in [9.17, 15) is 22.8 Å². The number of amides is 2. The molecule has 0 aliphatic carbocycles. The number of aryl methyl sites for hydroxylation is 1. The first-order chi connectivity index (χ1) is 20.3. The van der Waals surface area contributed by atoms with Crippen molar-refractivity contribution in [3.05, 3.63) is 132 Å². The van der Waals surface area contributed by atoms with Gasteiger partial charge >= 0.3 is 6.18 Å². The third kappa shape index (κ3) is 7.01. The van der Waals surface area contributed by atoms with Crippen molar-refractivity contribution < 1.29 is 22.8 Å². The van der Waals surface area contributed by atoms with Crippen LogP contribution < -0.4 is 10.6 Å². The van der Waals surface area contributed by atoms with E-state index in [-0.39, 0.29) is 5.91 Å². The summed E-state index contributed by atoms with van der Waals surface area (Å²) in [4.78, 5) is 30.2. The molecule has 0 fully saturated rings. The summed E-state index contributed by atoms with van der Waals surface area (Å²) >= 11 is 0. The van der Waals surface area contributed by atoms with Crippen molar-refractivity contribution in [1.82, 2.24) is 10.3 Å². The Balaban J connectivity index is 1.21. The molecule has 2 N–H and O–H groups in total. The van der Waals surface area contributed by atoms with Gasteiger partial charge in [-0.2, -0.15) is 13.2 Å². The minimum absolute atomic E-state index is 0.193. The summed E-state index contributed by atoms with van der Waals surface area (Å²) < 4.78 is 38.9. The molecule has 0 unspecified atom stereocenters. The maximum Gasteiger partial charge on any atom is 0.416 e. The number of alkyl halides is 3. The summed E-state index contributed by atoms with van der Waals surface area (Å²) in [5, 5.41) is 6.54. The van der Waals surface area contributed by atoms with Gasteiger partial charge in [0.25, 0.3) is 11.8 Å². The highest BCUT2D eigenvalue weighted by Crippen LogP contribution is 2.32. The molecule has 5 nitrogen and oxygen atoms in total. The van der Waals surface area contributed by atoms with Crippen LogP contribution in [0.4, 0.5) is 18.9 Å². The van der Waals surface area contributed by atoms with Crippen molar-refractivity contribution in [2.75, 3.05) is 11.9 Å². The summed E-state index contributed by atoms with van der Waals surface area (Å²) in [5.74, 6) is -0.602. The fourth-order valence-corrected chi connectivity index (χ4v) is 4.70. The summed E-state index contributed by atoms with van der Waals surface area (Å²) in [6, 6.07) is 28.6. The van der Waals surface area contributed by atoms with Crippen molar-refractivity contribution >= 4 is 28.4 Å². The Labute approximate surface area is 241 Å². The molecule has 1 heterocycles. The Bertz CT molecular complexity index is 1700. The van der Waals surface area contributed by atoms with Crippen molar-refractivity contribution in [3.63, 3.8) is 0 Å². The molecule has 0 atom stereocenters. The lowest BCUT2D eigenvalue weighted by Crippen LogP contribution is -2.24. The minimum atomic E-state index is -4.44. The first kappa shape index (κ1) is 28.5. The molecule has 0 spiro atoms. The molecule has 0 aliphatic rings. The molecule has 2 amide bonds. The zero-order valence-electron chi connectivity index (χ0n) is 22.6. The van der Waals surface area contributed by atoms with Crippen LogP contribution in [-0.4, -0.2) is 23.3 Å². The van der Waals surface area contributed by atoms with E-state index >= 15 is 0 Å². The fraction of sp³-hybridized carbons (Fsp3) is 0.147. The molecule has 5 aromatic rings. The van der Waals surface area contributed by atoms with E-state index in [0.29, 0.717) is 40.0 Å². The second-order valence-corrected chi connectivity index (χ2v) is 9.90. The Morgan fingerprint density at radius 1 is 0.762 bits per heavy atom. The number of aromatic nitrogens is 1. The van der Waals surface area contributed by atoms with E-state index in [2.05, 4.69) is 27.8 Å². The smallest absolute Gasteiger partial charge is 0.352 e. The number of nitrogens with one attached hydrogen (secondary N) is 2. The van der Waals surface area contributed by atoms with E-state index in [1.165, 1.54) is 23.9 Å². The molecular weight excluding hydrogens is 539 g/mol. The highest BCUT2D eigenvalue weighted by molar-refractivity contribution is 6.09. The molecule has 0 saturated heterocycles. The summed E-state index contributed by atoms with van der Waals surface area (Å²) in [7, 11) is 0. The second kappa shape index (κ2) is 12.7. The van der Waals surface area contributed by atoms with Gasteiger partial charge in [-0.3, -0.25) is 14.6 Å². The Morgan fingerprint density at radius 2 is 1.50 bits per heavy atom. The van der Waals surface area contributed by atoms with Crippen molar-refractivity contribution in [2.24, 2.45) is 0 Å². The normalized spacial score (nSPS) is 11.3. The number of carbonyl (C=O) groups is 2. The molecule has 0 aliphatic heterocycles. The quantitative estimate of drug-likeness (QED) is 0.178. The highest BCUT2D eigenvalue weighted by atomic mass is 19.4. The number of rotatable bonds is 9. The molecular formula is C34H28F3N3O2. The number of fused-ring (bicyclic) bond motifs is 1. The number of benzene rings is 4. The number of halogens is 3. The molecule has 0 saturated carbocycles. The first-order valence-electron chi connectivity index (χ1n) is 13.6. The average molecular weight is 568 g/mol. The van der Waals surface area contributed by atoms with Crippen LogP contribution in [0.15, 0.2) is 109 Å². The molecule has 5 rings (SSSR count). The molecule has 1 aromatic heterocycles. The zero-order chi connectivity index (χ0) is 29.5. The standard InChI is InChI=1S/C34H28F3N3O2/c35-34(36,37)27-16-13-24(14-17-27)29-11-4-5-12-30(29)33(42)40-28-18-15-25-20-26(22-39-31(25)21-28)32(41)38-19-7-6-10-23-8-2-1-3-9-23/h1-5,8-9,11-18,20-22H,6-7,10,19H2,(H,38,41)(H,40,42). The van der Waals surface area contributed by atoms with E-state index in [4.69, 9.17) is 0 Å². The van der Waals surface area contributed by atoms with Gasteiger partial charge < -0.3 is 10.6 Å². The van der Waals surface area contributed by atoms with Gasteiger partial charge in [0.2, 0.25) is 0 Å². The molecule has 42 heavy (non-hydrogen) atoms. The number of pyridine rings is 1. The third-order valence-corrected chi connectivity index (χ3v) is 6.92. The molecule has 212 valence electrons. The monoisotopic (exact) mass is 567 g/mol. The third-order valence-electron chi connectivity index (χ3n) is 6.92. The van der Waals surface area contributed by atoms with Crippen molar-refractivity contribution in [1.29, 1.82) is 0 Å². The lowest BCUT2D eigenvalue weighted by Gasteiger charge is -2.12. The van der Waals surface area contributed by atoms with Crippen LogP contribution in [0.25, 0.3) is 22.0 Å². The first-order valence-corrected chi connectivity index (χ1v) is 13.6.